The van der Waals surface area contributed by atoms with Crippen molar-refractivity contribution < 1.29 is 9.59 Å². The zero-order valence-corrected chi connectivity index (χ0v) is 17.1. The third kappa shape index (κ3) is 4.24. The van der Waals surface area contributed by atoms with Crippen LogP contribution in [0.3, 0.4) is 0 Å². The van der Waals surface area contributed by atoms with Gasteiger partial charge in [-0.3, -0.25) is 9.59 Å². The van der Waals surface area contributed by atoms with Crippen LogP contribution in [0.4, 0.5) is 0 Å². The van der Waals surface area contributed by atoms with Crippen LogP contribution in [0.25, 0.3) is 10.4 Å². The van der Waals surface area contributed by atoms with Crippen molar-refractivity contribution in [1.82, 2.24) is 10.2 Å². The number of likely N-dealkylation sites (tertiary alicyclic amines) is 1. The number of carbonyl (C=O) groups excluding carboxylic acids is 2. The van der Waals surface area contributed by atoms with Crippen LogP contribution in [0, 0.1) is 5.41 Å². The number of nitrogens with zero attached hydrogens (tertiary/aromatic N) is 1. The molecular weight excluding hydrogens is 356 g/mol. The summed E-state index contributed by atoms with van der Waals surface area (Å²) < 4.78 is 0. The SMILES string of the molecule is CCC(=O)N1CCC(Cc2ccccc2-c2cccs2)(C(=O)NC(C)C)C1. The number of thiophene rings is 1. The molecule has 1 aliphatic heterocycles. The highest BCUT2D eigenvalue weighted by Gasteiger charge is 2.46. The summed E-state index contributed by atoms with van der Waals surface area (Å²) in [5.41, 5.74) is 1.79. The Labute approximate surface area is 165 Å². The van der Waals surface area contributed by atoms with Crippen LogP contribution in [-0.2, 0) is 16.0 Å². The molecule has 144 valence electrons. The number of nitrogens with one attached hydrogen (secondary N) is 1. The van der Waals surface area contributed by atoms with E-state index in [0.717, 1.165) is 0 Å². The van der Waals surface area contributed by atoms with Crippen molar-refractivity contribution in [2.75, 3.05) is 13.1 Å². The lowest BCUT2D eigenvalue weighted by Gasteiger charge is -2.30. The lowest BCUT2D eigenvalue weighted by molar-refractivity contribution is -0.133. The normalized spacial score (nSPS) is 19.5. The Morgan fingerprint density at radius 3 is 2.67 bits per heavy atom. The Morgan fingerprint density at radius 1 is 1.22 bits per heavy atom. The zero-order valence-electron chi connectivity index (χ0n) is 16.3. The standard InChI is InChI=1S/C22H28N2O2S/c1-4-20(25)24-12-11-22(15-24,21(26)23-16(2)3)14-17-8-5-6-9-18(17)19-10-7-13-27-19/h5-10,13,16H,4,11-12,14-15H2,1-3H3,(H,23,26). The van der Waals surface area contributed by atoms with Gasteiger partial charge in [-0.25, -0.2) is 0 Å². The molecule has 0 saturated carbocycles. The van der Waals surface area contributed by atoms with E-state index in [9.17, 15) is 9.59 Å². The van der Waals surface area contributed by atoms with Gasteiger partial charge in [-0.1, -0.05) is 37.3 Å². The topological polar surface area (TPSA) is 49.4 Å². The molecule has 1 N–H and O–H groups in total. The first-order valence-electron chi connectivity index (χ1n) is 9.66. The predicted octanol–water partition coefficient (Wildman–Crippen LogP) is 4.11. The van der Waals surface area contributed by atoms with Crippen LogP contribution in [0.2, 0.25) is 0 Å². The molecule has 0 aliphatic carbocycles. The van der Waals surface area contributed by atoms with Gasteiger partial charge in [-0.2, -0.15) is 0 Å². The van der Waals surface area contributed by atoms with E-state index >= 15 is 0 Å². The molecule has 27 heavy (non-hydrogen) atoms. The van der Waals surface area contributed by atoms with E-state index in [1.165, 1.54) is 16.0 Å². The van der Waals surface area contributed by atoms with Crippen LogP contribution < -0.4 is 5.32 Å². The molecule has 1 atom stereocenters. The first kappa shape index (κ1) is 19.6. The van der Waals surface area contributed by atoms with Crippen molar-refractivity contribution >= 4 is 23.2 Å². The zero-order chi connectivity index (χ0) is 19.4. The van der Waals surface area contributed by atoms with Crippen molar-refractivity contribution in [3.8, 4) is 10.4 Å². The number of hydrogen-bond donors (Lipinski definition) is 1. The fraction of sp³-hybridized carbons (Fsp3) is 0.455. The van der Waals surface area contributed by atoms with E-state index in [1.807, 2.05) is 37.8 Å². The van der Waals surface area contributed by atoms with Gasteiger partial charge in [0.2, 0.25) is 11.8 Å². The molecule has 0 bridgehead atoms. The van der Waals surface area contributed by atoms with Crippen LogP contribution >= 0.6 is 11.3 Å². The average molecular weight is 385 g/mol. The van der Waals surface area contributed by atoms with Gasteiger partial charge < -0.3 is 10.2 Å². The second-order valence-corrected chi connectivity index (χ2v) is 8.59. The third-order valence-corrected chi connectivity index (χ3v) is 6.15. The number of amides is 2. The molecule has 5 heteroatoms. The predicted molar refractivity (Wildman–Crippen MR) is 111 cm³/mol. The summed E-state index contributed by atoms with van der Waals surface area (Å²) in [5, 5.41) is 5.18. The second-order valence-electron chi connectivity index (χ2n) is 7.64. The molecule has 0 spiro atoms. The van der Waals surface area contributed by atoms with Crippen molar-refractivity contribution in [3.63, 3.8) is 0 Å². The van der Waals surface area contributed by atoms with E-state index in [1.54, 1.807) is 11.3 Å². The summed E-state index contributed by atoms with van der Waals surface area (Å²) in [7, 11) is 0. The number of benzene rings is 1. The Balaban J connectivity index is 1.94. The minimum absolute atomic E-state index is 0.0601. The van der Waals surface area contributed by atoms with Gasteiger partial charge in [0.15, 0.2) is 0 Å². The monoisotopic (exact) mass is 384 g/mol. The number of rotatable bonds is 6. The summed E-state index contributed by atoms with van der Waals surface area (Å²) >= 11 is 1.71. The van der Waals surface area contributed by atoms with Crippen LogP contribution in [0.5, 0.6) is 0 Å². The summed E-state index contributed by atoms with van der Waals surface area (Å²) in [4.78, 5) is 28.5. The van der Waals surface area contributed by atoms with Crippen LogP contribution in [0.15, 0.2) is 41.8 Å². The first-order valence-corrected chi connectivity index (χ1v) is 10.5. The quantitative estimate of drug-likeness (QED) is 0.815. The smallest absolute Gasteiger partial charge is 0.228 e. The molecule has 1 saturated heterocycles. The summed E-state index contributed by atoms with van der Waals surface area (Å²) in [6.07, 6.45) is 1.83. The van der Waals surface area contributed by atoms with Gasteiger partial charge in [0.05, 0.1) is 5.41 Å². The molecule has 1 aliphatic rings. The fourth-order valence-corrected chi connectivity index (χ4v) is 4.63. The van der Waals surface area contributed by atoms with Crippen molar-refractivity contribution in [1.29, 1.82) is 0 Å². The highest BCUT2D eigenvalue weighted by Crippen LogP contribution is 2.38. The van der Waals surface area contributed by atoms with E-state index in [2.05, 4.69) is 35.0 Å². The van der Waals surface area contributed by atoms with Crippen molar-refractivity contribution in [2.45, 2.75) is 46.1 Å². The highest BCUT2D eigenvalue weighted by molar-refractivity contribution is 7.13. The molecule has 1 fully saturated rings. The van der Waals surface area contributed by atoms with E-state index < -0.39 is 5.41 Å². The van der Waals surface area contributed by atoms with E-state index in [-0.39, 0.29) is 17.9 Å². The number of carbonyl (C=O) groups is 2. The third-order valence-electron chi connectivity index (χ3n) is 5.24. The van der Waals surface area contributed by atoms with Crippen molar-refractivity contribution in [2.24, 2.45) is 5.41 Å². The molecule has 4 nitrogen and oxygen atoms in total. The largest absolute Gasteiger partial charge is 0.353 e. The molecule has 3 rings (SSSR count). The minimum atomic E-state index is -0.567. The maximum absolute atomic E-state index is 13.2. The molecule has 1 unspecified atom stereocenters. The average Bonchev–Trinajstić information content (AvgIpc) is 3.32. The molecule has 0 radical (unpaired) electrons. The molecule has 2 amide bonds. The highest BCUT2D eigenvalue weighted by atomic mass is 32.1. The first-order chi connectivity index (χ1) is 12.9. The van der Waals surface area contributed by atoms with Gasteiger partial charge in [-0.05, 0) is 49.3 Å². The second kappa shape index (κ2) is 8.26. The Hall–Kier alpha value is -2.14. The van der Waals surface area contributed by atoms with E-state index in [0.29, 0.717) is 32.4 Å². The maximum Gasteiger partial charge on any atom is 0.228 e. The minimum Gasteiger partial charge on any atom is -0.353 e. The van der Waals surface area contributed by atoms with Crippen LogP contribution in [-0.4, -0.2) is 35.8 Å². The summed E-state index contributed by atoms with van der Waals surface area (Å²) in [6.45, 7) is 6.99. The molecule has 1 aromatic heterocycles. The van der Waals surface area contributed by atoms with Crippen LogP contribution in [0.1, 0.15) is 39.2 Å². The molecular formula is C22H28N2O2S. The lowest BCUT2D eigenvalue weighted by atomic mass is 9.78. The fourth-order valence-electron chi connectivity index (χ4n) is 3.85. The molecule has 1 aromatic carbocycles. The van der Waals surface area contributed by atoms with Gasteiger partial charge in [0.1, 0.15) is 0 Å². The van der Waals surface area contributed by atoms with Gasteiger partial charge in [0, 0.05) is 30.4 Å². The number of hydrogen-bond acceptors (Lipinski definition) is 3. The van der Waals surface area contributed by atoms with Gasteiger partial charge in [0.25, 0.3) is 0 Å². The molecule has 2 aromatic rings. The summed E-state index contributed by atoms with van der Waals surface area (Å²) in [6, 6.07) is 12.6. The van der Waals surface area contributed by atoms with E-state index in [4.69, 9.17) is 0 Å². The summed E-state index contributed by atoms with van der Waals surface area (Å²) in [5.74, 6) is 0.186. The molecule has 2 heterocycles. The maximum atomic E-state index is 13.2. The van der Waals surface area contributed by atoms with Crippen molar-refractivity contribution in [3.05, 3.63) is 47.3 Å². The van der Waals surface area contributed by atoms with Gasteiger partial charge >= 0.3 is 0 Å². The Bertz CT molecular complexity index is 800. The Kier molecular flexibility index (Phi) is 6.00. The van der Waals surface area contributed by atoms with Gasteiger partial charge in [-0.15, -0.1) is 11.3 Å². The Morgan fingerprint density at radius 2 is 2.00 bits per heavy atom. The lowest BCUT2D eigenvalue weighted by Crippen LogP contribution is -2.47.